The van der Waals surface area contributed by atoms with E-state index in [4.69, 9.17) is 11.6 Å². The molecule has 3 aromatic carbocycles. The average molecular weight is 434 g/mol. The number of carbonyl (C=O) groups excluding carboxylic acids is 3. The molecule has 0 spiro atoms. The second-order valence-electron chi connectivity index (χ2n) is 7.75. The Bertz CT molecular complexity index is 1170. The van der Waals surface area contributed by atoms with Crippen LogP contribution in [-0.2, 0) is 4.79 Å². The lowest BCUT2D eigenvalue weighted by atomic mass is 9.94. The molecule has 0 unspecified atom stereocenters. The zero-order valence-corrected chi connectivity index (χ0v) is 17.5. The molecule has 5 rings (SSSR count). The fourth-order valence-electron chi connectivity index (χ4n) is 4.35. The fraction of sp³-hybridized carbons (Fsp3) is 0.208. The predicted octanol–water partition coefficient (Wildman–Crippen LogP) is 3.44. The van der Waals surface area contributed by atoms with Crippen molar-refractivity contribution in [1.29, 1.82) is 0 Å². The van der Waals surface area contributed by atoms with Gasteiger partial charge in [0.05, 0.1) is 0 Å². The number of rotatable bonds is 3. The lowest BCUT2D eigenvalue weighted by molar-refractivity contribution is -0.131. The quantitative estimate of drug-likeness (QED) is 0.594. The number of piperazine rings is 1. The monoisotopic (exact) mass is 433 g/mol. The van der Waals surface area contributed by atoms with Crippen LogP contribution in [0.3, 0.4) is 0 Å². The van der Waals surface area contributed by atoms with E-state index in [-0.39, 0.29) is 12.5 Å². The average Bonchev–Trinajstić information content (AvgIpc) is 2.80. The van der Waals surface area contributed by atoms with E-state index in [1.165, 1.54) is 0 Å². The molecule has 0 aromatic heterocycles. The van der Waals surface area contributed by atoms with Crippen molar-refractivity contribution in [2.75, 3.05) is 37.6 Å². The van der Waals surface area contributed by atoms with Crippen molar-refractivity contribution in [2.45, 2.75) is 0 Å². The van der Waals surface area contributed by atoms with Gasteiger partial charge >= 0.3 is 0 Å². The summed E-state index contributed by atoms with van der Waals surface area (Å²) in [7, 11) is 0. The second kappa shape index (κ2) is 7.71. The topological polar surface area (TPSA) is 60.9 Å². The minimum Gasteiger partial charge on any atom is -0.368 e. The molecule has 0 N–H and O–H groups in total. The van der Waals surface area contributed by atoms with Gasteiger partial charge in [0.1, 0.15) is 6.54 Å². The summed E-state index contributed by atoms with van der Waals surface area (Å²) in [6.07, 6.45) is 0. The number of benzene rings is 3. The van der Waals surface area contributed by atoms with Gasteiger partial charge in [0.2, 0.25) is 5.91 Å². The molecule has 31 heavy (non-hydrogen) atoms. The molecule has 2 aliphatic rings. The van der Waals surface area contributed by atoms with Gasteiger partial charge in [-0.3, -0.25) is 19.3 Å². The van der Waals surface area contributed by atoms with Crippen LogP contribution < -0.4 is 4.90 Å². The smallest absolute Gasteiger partial charge is 0.261 e. The zero-order valence-electron chi connectivity index (χ0n) is 16.8. The molecule has 1 saturated heterocycles. The molecular weight excluding hydrogens is 414 g/mol. The predicted molar refractivity (Wildman–Crippen MR) is 120 cm³/mol. The minimum absolute atomic E-state index is 0.223. The molecule has 3 aromatic rings. The summed E-state index contributed by atoms with van der Waals surface area (Å²) in [5.74, 6) is -1.06. The van der Waals surface area contributed by atoms with Gasteiger partial charge in [0.25, 0.3) is 11.8 Å². The van der Waals surface area contributed by atoms with Gasteiger partial charge in [-0.25, -0.2) is 0 Å². The van der Waals surface area contributed by atoms with Gasteiger partial charge in [0, 0.05) is 53.4 Å². The van der Waals surface area contributed by atoms with Gasteiger partial charge < -0.3 is 9.80 Å². The number of anilines is 1. The van der Waals surface area contributed by atoms with Crippen LogP contribution in [0.2, 0.25) is 5.02 Å². The van der Waals surface area contributed by atoms with Gasteiger partial charge in [-0.2, -0.15) is 0 Å². The van der Waals surface area contributed by atoms with E-state index in [2.05, 4.69) is 4.90 Å². The Morgan fingerprint density at radius 1 is 0.839 bits per heavy atom. The number of hydrogen-bond acceptors (Lipinski definition) is 4. The van der Waals surface area contributed by atoms with Gasteiger partial charge in [0.15, 0.2) is 0 Å². The molecule has 0 bridgehead atoms. The van der Waals surface area contributed by atoms with Crippen LogP contribution in [0.15, 0.2) is 60.7 Å². The normalized spacial score (nSPS) is 16.2. The van der Waals surface area contributed by atoms with Crippen LogP contribution in [-0.4, -0.2) is 60.2 Å². The zero-order chi connectivity index (χ0) is 21.5. The van der Waals surface area contributed by atoms with Crippen molar-refractivity contribution in [3.05, 3.63) is 76.8 Å². The lowest BCUT2D eigenvalue weighted by Gasteiger charge is -2.37. The number of imide groups is 1. The van der Waals surface area contributed by atoms with E-state index in [1.54, 1.807) is 29.2 Å². The summed E-state index contributed by atoms with van der Waals surface area (Å²) < 4.78 is 0. The highest BCUT2D eigenvalue weighted by Crippen LogP contribution is 2.30. The summed E-state index contributed by atoms with van der Waals surface area (Å²) >= 11 is 6.08. The van der Waals surface area contributed by atoms with Crippen molar-refractivity contribution < 1.29 is 14.4 Å². The first-order valence-corrected chi connectivity index (χ1v) is 10.6. The Labute approximate surface area is 184 Å². The Balaban J connectivity index is 1.30. The fourth-order valence-corrected chi connectivity index (χ4v) is 4.53. The lowest BCUT2D eigenvalue weighted by Crippen LogP contribution is -2.53. The van der Waals surface area contributed by atoms with Gasteiger partial charge in [-0.1, -0.05) is 41.9 Å². The third-order valence-electron chi connectivity index (χ3n) is 5.95. The van der Waals surface area contributed by atoms with Crippen LogP contribution in [0.5, 0.6) is 0 Å². The van der Waals surface area contributed by atoms with E-state index < -0.39 is 11.8 Å². The van der Waals surface area contributed by atoms with Crippen LogP contribution in [0.1, 0.15) is 20.7 Å². The molecule has 0 saturated carbocycles. The number of nitrogens with zero attached hydrogens (tertiary/aromatic N) is 3. The third-order valence-corrected chi connectivity index (χ3v) is 6.19. The highest BCUT2D eigenvalue weighted by atomic mass is 35.5. The van der Waals surface area contributed by atoms with Crippen LogP contribution in [0, 0.1) is 0 Å². The first-order valence-electron chi connectivity index (χ1n) is 10.2. The van der Waals surface area contributed by atoms with Crippen molar-refractivity contribution in [1.82, 2.24) is 9.80 Å². The minimum atomic E-state index is -0.416. The SMILES string of the molecule is O=C(CN1C(=O)c2cccc3cccc(c23)C1=O)N1CCN(c2cccc(Cl)c2)CC1. The molecular formula is C24H20ClN3O3. The van der Waals surface area contributed by atoms with Gasteiger partial charge in [-0.15, -0.1) is 0 Å². The van der Waals surface area contributed by atoms with E-state index >= 15 is 0 Å². The van der Waals surface area contributed by atoms with Crippen LogP contribution >= 0.6 is 11.6 Å². The first kappa shape index (κ1) is 19.6. The molecule has 2 heterocycles. The maximum atomic E-state index is 13.0. The molecule has 156 valence electrons. The van der Waals surface area contributed by atoms with Crippen molar-refractivity contribution in [2.24, 2.45) is 0 Å². The molecule has 2 aliphatic heterocycles. The number of carbonyl (C=O) groups is 3. The molecule has 6 nitrogen and oxygen atoms in total. The van der Waals surface area contributed by atoms with Crippen molar-refractivity contribution in [3.8, 4) is 0 Å². The summed E-state index contributed by atoms with van der Waals surface area (Å²) in [5.41, 5.74) is 1.95. The Kier molecular flexibility index (Phi) is 4.87. The largest absolute Gasteiger partial charge is 0.368 e. The maximum absolute atomic E-state index is 13.0. The van der Waals surface area contributed by atoms with Crippen LogP contribution in [0.4, 0.5) is 5.69 Å². The summed E-state index contributed by atoms with van der Waals surface area (Å²) in [6, 6.07) is 18.4. The standard InChI is InChI=1S/C24H20ClN3O3/c25-17-6-3-7-18(14-17)26-10-12-27(13-11-26)21(29)15-28-23(30)19-8-1-4-16-5-2-9-20(22(16)19)24(28)31/h1-9,14H,10-13,15H2. The number of halogens is 1. The summed E-state index contributed by atoms with van der Waals surface area (Å²) in [4.78, 5) is 43.9. The van der Waals surface area contributed by atoms with E-state index in [9.17, 15) is 14.4 Å². The molecule has 0 radical (unpaired) electrons. The van der Waals surface area contributed by atoms with E-state index in [1.807, 2.05) is 36.4 Å². The van der Waals surface area contributed by atoms with Crippen molar-refractivity contribution >= 4 is 45.8 Å². The number of hydrogen-bond donors (Lipinski definition) is 0. The summed E-state index contributed by atoms with van der Waals surface area (Å²) in [6.45, 7) is 2.12. The molecule has 7 heteroatoms. The second-order valence-corrected chi connectivity index (χ2v) is 8.19. The van der Waals surface area contributed by atoms with Crippen molar-refractivity contribution in [3.63, 3.8) is 0 Å². The Morgan fingerprint density at radius 3 is 2.06 bits per heavy atom. The van der Waals surface area contributed by atoms with E-state index in [0.29, 0.717) is 47.7 Å². The summed E-state index contributed by atoms with van der Waals surface area (Å²) in [5, 5.41) is 2.19. The highest BCUT2D eigenvalue weighted by Gasteiger charge is 2.35. The Hall–Kier alpha value is -3.38. The molecule has 3 amide bonds. The van der Waals surface area contributed by atoms with Gasteiger partial charge in [-0.05, 0) is 35.7 Å². The molecule has 0 atom stereocenters. The third kappa shape index (κ3) is 3.43. The van der Waals surface area contributed by atoms with E-state index in [0.717, 1.165) is 16.0 Å². The molecule has 0 aliphatic carbocycles. The Morgan fingerprint density at radius 2 is 1.45 bits per heavy atom. The number of amides is 3. The maximum Gasteiger partial charge on any atom is 0.261 e. The first-order chi connectivity index (χ1) is 15.0. The van der Waals surface area contributed by atoms with Crippen LogP contribution in [0.25, 0.3) is 10.8 Å². The molecule has 1 fully saturated rings. The highest BCUT2D eigenvalue weighted by molar-refractivity contribution is 6.30.